The number of ether oxygens (including phenoxy) is 2. The molecule has 0 aromatic heterocycles. The lowest BCUT2D eigenvalue weighted by Gasteiger charge is -2.12. The first-order valence-corrected chi connectivity index (χ1v) is 4.89. The van der Waals surface area contributed by atoms with Crippen LogP contribution in [0.2, 0.25) is 0 Å². The van der Waals surface area contributed by atoms with Gasteiger partial charge in [-0.25, -0.2) is 9.18 Å². The van der Waals surface area contributed by atoms with Crippen LogP contribution in [0.15, 0.2) is 12.1 Å². The summed E-state index contributed by atoms with van der Waals surface area (Å²) in [6.07, 6.45) is 1.80. The van der Waals surface area contributed by atoms with E-state index < -0.39 is 11.8 Å². The molecule has 0 spiro atoms. The monoisotopic (exact) mass is 226 g/mol. The molecule has 4 nitrogen and oxygen atoms in total. The van der Waals surface area contributed by atoms with Crippen LogP contribution in [0.1, 0.15) is 23.2 Å². The van der Waals surface area contributed by atoms with Crippen LogP contribution in [0, 0.1) is 5.82 Å². The molecule has 0 heterocycles. The number of carbonyl (C=O) groups is 1. The number of rotatable bonds is 4. The van der Waals surface area contributed by atoms with Crippen molar-refractivity contribution < 1.29 is 23.8 Å². The lowest BCUT2D eigenvalue weighted by atomic mass is 10.2. The first-order valence-electron chi connectivity index (χ1n) is 4.89. The third-order valence-corrected chi connectivity index (χ3v) is 2.28. The summed E-state index contributed by atoms with van der Waals surface area (Å²) < 4.78 is 23.4. The van der Waals surface area contributed by atoms with Crippen LogP contribution in [0.3, 0.4) is 0 Å². The number of halogens is 1. The average Bonchev–Trinajstić information content (AvgIpc) is 3.03. The van der Waals surface area contributed by atoms with E-state index in [1.165, 1.54) is 7.11 Å². The van der Waals surface area contributed by atoms with Gasteiger partial charge in [0, 0.05) is 6.07 Å². The minimum atomic E-state index is -1.23. The maximum Gasteiger partial charge on any atom is 0.339 e. The van der Waals surface area contributed by atoms with E-state index >= 15 is 0 Å². The largest absolute Gasteiger partial charge is 0.493 e. The third-order valence-electron chi connectivity index (χ3n) is 2.28. The van der Waals surface area contributed by atoms with Gasteiger partial charge in [-0.1, -0.05) is 0 Å². The highest BCUT2D eigenvalue weighted by molar-refractivity contribution is 5.92. The molecule has 1 aromatic rings. The second-order valence-corrected chi connectivity index (χ2v) is 3.61. The molecular weight excluding hydrogens is 215 g/mol. The molecule has 0 atom stereocenters. The molecule has 0 amide bonds. The lowest BCUT2D eigenvalue weighted by Crippen LogP contribution is -2.07. The summed E-state index contributed by atoms with van der Waals surface area (Å²) in [5, 5.41) is 8.94. The second kappa shape index (κ2) is 4.00. The van der Waals surface area contributed by atoms with Crippen molar-refractivity contribution in [2.45, 2.75) is 18.9 Å². The van der Waals surface area contributed by atoms with Gasteiger partial charge in [-0.2, -0.15) is 0 Å². The van der Waals surface area contributed by atoms with Crippen LogP contribution in [0.5, 0.6) is 11.5 Å². The Morgan fingerprint density at radius 2 is 2.19 bits per heavy atom. The van der Waals surface area contributed by atoms with Gasteiger partial charge in [-0.05, 0) is 18.9 Å². The normalized spacial score (nSPS) is 14.6. The Morgan fingerprint density at radius 3 is 2.69 bits per heavy atom. The zero-order chi connectivity index (χ0) is 11.7. The predicted octanol–water partition coefficient (Wildman–Crippen LogP) is 2.07. The van der Waals surface area contributed by atoms with Gasteiger partial charge in [0.2, 0.25) is 0 Å². The van der Waals surface area contributed by atoms with Crippen molar-refractivity contribution in [2.75, 3.05) is 7.11 Å². The van der Waals surface area contributed by atoms with Gasteiger partial charge >= 0.3 is 5.97 Å². The molecule has 1 fully saturated rings. The zero-order valence-electron chi connectivity index (χ0n) is 8.70. The van der Waals surface area contributed by atoms with Gasteiger partial charge in [0.05, 0.1) is 13.2 Å². The van der Waals surface area contributed by atoms with Crippen molar-refractivity contribution >= 4 is 5.97 Å². The highest BCUT2D eigenvalue weighted by Crippen LogP contribution is 2.37. The molecule has 1 N–H and O–H groups in total. The zero-order valence-corrected chi connectivity index (χ0v) is 8.70. The molecule has 5 heteroatoms. The van der Waals surface area contributed by atoms with Crippen molar-refractivity contribution in [3.05, 3.63) is 23.5 Å². The lowest BCUT2D eigenvalue weighted by molar-refractivity contribution is 0.0690. The fourth-order valence-electron chi connectivity index (χ4n) is 1.35. The Bertz CT molecular complexity index is 426. The average molecular weight is 226 g/mol. The Hall–Kier alpha value is -1.78. The second-order valence-electron chi connectivity index (χ2n) is 3.61. The van der Waals surface area contributed by atoms with Gasteiger partial charge in [-0.15, -0.1) is 0 Å². The number of hydrogen-bond donors (Lipinski definition) is 1. The summed E-state index contributed by atoms with van der Waals surface area (Å²) in [6, 6.07) is 2.05. The summed E-state index contributed by atoms with van der Waals surface area (Å²) in [6.45, 7) is 0. The van der Waals surface area contributed by atoms with E-state index in [1.54, 1.807) is 0 Å². The number of benzene rings is 1. The van der Waals surface area contributed by atoms with E-state index in [1.807, 2.05) is 0 Å². The van der Waals surface area contributed by atoms with E-state index in [-0.39, 0.29) is 23.2 Å². The molecule has 1 aliphatic carbocycles. The van der Waals surface area contributed by atoms with Crippen molar-refractivity contribution in [1.82, 2.24) is 0 Å². The maximum atomic E-state index is 13.1. The van der Waals surface area contributed by atoms with E-state index in [0.717, 1.165) is 25.0 Å². The standard InChI is InChI=1S/C11H11FO4/c1-15-9-5-6(12)4-8(11(13)14)10(9)16-7-2-3-7/h4-5,7H,2-3H2,1H3,(H,13,14). The summed E-state index contributed by atoms with van der Waals surface area (Å²) in [7, 11) is 1.35. The molecule has 0 saturated heterocycles. The Labute approximate surface area is 91.6 Å². The molecule has 86 valence electrons. The van der Waals surface area contributed by atoms with Crippen LogP contribution < -0.4 is 9.47 Å². The summed E-state index contributed by atoms with van der Waals surface area (Å²) in [4.78, 5) is 10.9. The number of methoxy groups -OCH3 is 1. The highest BCUT2D eigenvalue weighted by atomic mass is 19.1. The topological polar surface area (TPSA) is 55.8 Å². The maximum absolute atomic E-state index is 13.1. The van der Waals surface area contributed by atoms with Crippen LogP contribution in [0.4, 0.5) is 4.39 Å². The first kappa shape index (κ1) is 10.7. The molecule has 0 bridgehead atoms. The Kier molecular flexibility index (Phi) is 2.68. The van der Waals surface area contributed by atoms with Gasteiger partial charge < -0.3 is 14.6 Å². The number of aromatic carboxylic acids is 1. The van der Waals surface area contributed by atoms with Crippen molar-refractivity contribution in [2.24, 2.45) is 0 Å². The molecule has 1 aromatic carbocycles. The fraction of sp³-hybridized carbons (Fsp3) is 0.364. The summed E-state index contributed by atoms with van der Waals surface area (Å²) in [5.41, 5.74) is -0.205. The molecule has 0 radical (unpaired) electrons. The third kappa shape index (κ3) is 2.08. The molecule has 1 aliphatic rings. The highest BCUT2D eigenvalue weighted by Gasteiger charge is 2.28. The van der Waals surface area contributed by atoms with E-state index in [2.05, 4.69) is 0 Å². The van der Waals surface area contributed by atoms with Gasteiger partial charge in [0.1, 0.15) is 11.4 Å². The quantitative estimate of drug-likeness (QED) is 0.853. The molecular formula is C11H11FO4. The Balaban J connectivity index is 2.45. The van der Waals surface area contributed by atoms with Crippen LogP contribution in [-0.2, 0) is 0 Å². The predicted molar refractivity (Wildman–Crippen MR) is 53.6 cm³/mol. The molecule has 16 heavy (non-hydrogen) atoms. The van der Waals surface area contributed by atoms with Crippen molar-refractivity contribution in [1.29, 1.82) is 0 Å². The van der Waals surface area contributed by atoms with E-state index in [0.29, 0.717) is 0 Å². The minimum Gasteiger partial charge on any atom is -0.493 e. The number of carboxylic acid groups (broad SMARTS) is 1. The van der Waals surface area contributed by atoms with Crippen LogP contribution >= 0.6 is 0 Å². The number of carboxylic acids is 1. The van der Waals surface area contributed by atoms with Crippen molar-refractivity contribution in [3.63, 3.8) is 0 Å². The van der Waals surface area contributed by atoms with Gasteiger partial charge in [-0.3, -0.25) is 0 Å². The number of hydrogen-bond acceptors (Lipinski definition) is 3. The SMILES string of the molecule is COc1cc(F)cc(C(=O)O)c1OC1CC1. The molecule has 0 unspecified atom stereocenters. The van der Waals surface area contributed by atoms with E-state index in [4.69, 9.17) is 14.6 Å². The van der Waals surface area contributed by atoms with E-state index in [9.17, 15) is 9.18 Å². The van der Waals surface area contributed by atoms with Crippen LogP contribution in [-0.4, -0.2) is 24.3 Å². The first-order chi connectivity index (χ1) is 7.61. The van der Waals surface area contributed by atoms with Crippen LogP contribution in [0.25, 0.3) is 0 Å². The summed E-state index contributed by atoms with van der Waals surface area (Å²) >= 11 is 0. The van der Waals surface area contributed by atoms with Gasteiger partial charge in [0.25, 0.3) is 0 Å². The molecule has 2 rings (SSSR count). The smallest absolute Gasteiger partial charge is 0.339 e. The minimum absolute atomic E-state index is 0.0254. The summed E-state index contributed by atoms with van der Waals surface area (Å²) in [5.74, 6) is -1.66. The van der Waals surface area contributed by atoms with Gasteiger partial charge in [0.15, 0.2) is 11.5 Å². The fourth-order valence-corrected chi connectivity index (χ4v) is 1.35. The Morgan fingerprint density at radius 1 is 1.50 bits per heavy atom. The molecule has 1 saturated carbocycles. The van der Waals surface area contributed by atoms with Crippen molar-refractivity contribution in [3.8, 4) is 11.5 Å². The molecule has 0 aliphatic heterocycles.